The molecule has 0 aliphatic heterocycles. The Morgan fingerprint density at radius 1 is 1.70 bits per heavy atom. The van der Waals surface area contributed by atoms with E-state index < -0.39 is 0 Å². The maximum Gasteiger partial charge on any atom is 0.266 e. The predicted octanol–water partition coefficient (Wildman–Crippen LogP) is 0.301. The van der Waals surface area contributed by atoms with E-state index in [1.165, 1.54) is 6.07 Å². The maximum absolute atomic E-state index is 10.5. The minimum atomic E-state index is -0.133. The van der Waals surface area contributed by atoms with Crippen LogP contribution in [0.15, 0.2) is 23.5 Å². The highest BCUT2D eigenvalue weighted by Crippen LogP contribution is 1.92. The quantitative estimate of drug-likeness (QED) is 0.527. The molecule has 0 radical (unpaired) electrons. The smallest absolute Gasteiger partial charge is 0.266 e. The summed E-state index contributed by atoms with van der Waals surface area (Å²) in [4.78, 5) is 10.5. The highest BCUT2D eigenvalue weighted by atomic mass is 16.1. The molecule has 0 saturated heterocycles. The molecule has 0 amide bonds. The second-order valence-electron chi connectivity index (χ2n) is 1.84. The van der Waals surface area contributed by atoms with E-state index in [0.29, 0.717) is 12.4 Å². The van der Waals surface area contributed by atoms with Gasteiger partial charge in [-0.3, -0.25) is 15.0 Å². The van der Waals surface area contributed by atoms with Gasteiger partial charge >= 0.3 is 0 Å². The number of hydrogen-bond acceptors (Lipinski definition) is 2. The molecule has 1 aromatic heterocycles. The second-order valence-corrected chi connectivity index (χ2v) is 1.84. The first kappa shape index (κ1) is 6.67. The van der Waals surface area contributed by atoms with E-state index in [-0.39, 0.29) is 5.56 Å². The highest BCUT2D eigenvalue weighted by molar-refractivity contribution is 5.32. The summed E-state index contributed by atoms with van der Waals surface area (Å²) in [6.07, 6.45) is 1.71. The van der Waals surface area contributed by atoms with Crippen LogP contribution in [-0.2, 0) is 0 Å². The van der Waals surface area contributed by atoms with Crippen LogP contribution in [-0.4, -0.2) is 16.7 Å². The SMILES string of the molecule is C=CCNc1cc(=O)[nH][nH]1. The summed E-state index contributed by atoms with van der Waals surface area (Å²) in [5, 5.41) is 7.95. The molecule has 3 N–H and O–H groups in total. The molecule has 0 saturated carbocycles. The lowest BCUT2D eigenvalue weighted by atomic mass is 10.5. The summed E-state index contributed by atoms with van der Waals surface area (Å²) in [7, 11) is 0. The number of rotatable bonds is 3. The third-order valence-electron chi connectivity index (χ3n) is 1.03. The number of hydrogen-bond donors (Lipinski definition) is 3. The molecule has 0 unspecified atom stereocenters. The van der Waals surface area contributed by atoms with Gasteiger partial charge in [0.15, 0.2) is 0 Å². The summed E-state index contributed by atoms with van der Waals surface area (Å²) < 4.78 is 0. The Morgan fingerprint density at radius 2 is 2.50 bits per heavy atom. The average Bonchev–Trinajstić information content (AvgIpc) is 2.31. The fourth-order valence-electron chi connectivity index (χ4n) is 0.610. The maximum atomic E-state index is 10.5. The monoisotopic (exact) mass is 139 g/mol. The summed E-state index contributed by atoms with van der Waals surface area (Å²) in [5.41, 5.74) is -0.133. The number of aromatic nitrogens is 2. The van der Waals surface area contributed by atoms with E-state index in [9.17, 15) is 4.79 Å². The van der Waals surface area contributed by atoms with Crippen LogP contribution in [0.3, 0.4) is 0 Å². The fourth-order valence-corrected chi connectivity index (χ4v) is 0.610. The summed E-state index contributed by atoms with van der Waals surface area (Å²) >= 11 is 0. The number of H-pyrrole nitrogens is 2. The van der Waals surface area contributed by atoms with Crippen molar-refractivity contribution in [3.8, 4) is 0 Å². The molecule has 4 nitrogen and oxygen atoms in total. The van der Waals surface area contributed by atoms with E-state index >= 15 is 0 Å². The van der Waals surface area contributed by atoms with Crippen LogP contribution in [0.2, 0.25) is 0 Å². The third kappa shape index (κ3) is 1.51. The largest absolute Gasteiger partial charge is 0.367 e. The van der Waals surface area contributed by atoms with Crippen LogP contribution >= 0.6 is 0 Å². The second kappa shape index (κ2) is 2.91. The molecule has 4 heteroatoms. The Kier molecular flexibility index (Phi) is 1.94. The van der Waals surface area contributed by atoms with E-state index in [4.69, 9.17) is 0 Å². The lowest BCUT2D eigenvalue weighted by Gasteiger charge is -1.94. The van der Waals surface area contributed by atoms with Crippen LogP contribution in [0.1, 0.15) is 0 Å². The molecule has 0 fully saturated rings. The Bertz CT molecular complexity index is 260. The fraction of sp³-hybridized carbons (Fsp3) is 0.167. The topological polar surface area (TPSA) is 60.7 Å². The molecule has 0 bridgehead atoms. The van der Waals surface area contributed by atoms with Crippen molar-refractivity contribution < 1.29 is 0 Å². The van der Waals surface area contributed by atoms with E-state index in [1.54, 1.807) is 6.08 Å². The molecule has 0 aliphatic carbocycles. The summed E-state index contributed by atoms with van der Waals surface area (Å²) in [6.45, 7) is 4.16. The predicted molar refractivity (Wildman–Crippen MR) is 40.1 cm³/mol. The molecule has 0 atom stereocenters. The van der Waals surface area contributed by atoms with Crippen molar-refractivity contribution >= 4 is 5.82 Å². The summed E-state index contributed by atoms with van der Waals surface area (Å²) in [5.74, 6) is 0.685. The van der Waals surface area contributed by atoms with Crippen molar-refractivity contribution in [1.29, 1.82) is 0 Å². The van der Waals surface area contributed by atoms with Gasteiger partial charge in [0.25, 0.3) is 5.56 Å². The Balaban J connectivity index is 2.58. The van der Waals surface area contributed by atoms with E-state index in [2.05, 4.69) is 22.1 Å². The number of nitrogens with one attached hydrogen (secondary N) is 3. The van der Waals surface area contributed by atoms with Gasteiger partial charge in [-0.1, -0.05) is 6.08 Å². The normalized spacial score (nSPS) is 9.20. The van der Waals surface area contributed by atoms with Crippen molar-refractivity contribution in [1.82, 2.24) is 10.2 Å². The zero-order chi connectivity index (χ0) is 7.40. The van der Waals surface area contributed by atoms with Gasteiger partial charge in [-0.25, -0.2) is 0 Å². The Morgan fingerprint density at radius 3 is 3.00 bits per heavy atom. The van der Waals surface area contributed by atoms with Crippen LogP contribution in [0, 0.1) is 0 Å². The lowest BCUT2D eigenvalue weighted by molar-refractivity contribution is 1.05. The minimum absolute atomic E-state index is 0.133. The Labute approximate surface area is 57.9 Å². The highest BCUT2D eigenvalue weighted by Gasteiger charge is 1.90. The van der Waals surface area contributed by atoms with Crippen LogP contribution < -0.4 is 10.9 Å². The van der Waals surface area contributed by atoms with Gasteiger partial charge in [-0.2, -0.15) is 0 Å². The molecule has 1 heterocycles. The third-order valence-corrected chi connectivity index (χ3v) is 1.03. The molecule has 54 valence electrons. The number of anilines is 1. The van der Waals surface area contributed by atoms with Gasteiger partial charge < -0.3 is 5.32 Å². The zero-order valence-electron chi connectivity index (χ0n) is 5.48. The Hall–Kier alpha value is -1.45. The molecule has 1 aromatic rings. The standard InChI is InChI=1S/C6H9N3O/c1-2-3-7-5-4-6(10)9-8-5/h2,4H,1,3H2,(H3,7,8,9,10). The van der Waals surface area contributed by atoms with E-state index in [1.807, 2.05) is 0 Å². The molecular formula is C6H9N3O. The molecule has 10 heavy (non-hydrogen) atoms. The van der Waals surface area contributed by atoms with Gasteiger partial charge in [0, 0.05) is 12.6 Å². The van der Waals surface area contributed by atoms with Crippen molar-refractivity contribution in [3.63, 3.8) is 0 Å². The van der Waals surface area contributed by atoms with Crippen molar-refractivity contribution in [2.45, 2.75) is 0 Å². The first-order chi connectivity index (χ1) is 4.83. The van der Waals surface area contributed by atoms with E-state index in [0.717, 1.165) is 0 Å². The van der Waals surface area contributed by atoms with Gasteiger partial charge in [0.1, 0.15) is 5.82 Å². The van der Waals surface area contributed by atoms with Crippen LogP contribution in [0.5, 0.6) is 0 Å². The van der Waals surface area contributed by atoms with Crippen molar-refractivity contribution in [2.24, 2.45) is 0 Å². The lowest BCUT2D eigenvalue weighted by Crippen LogP contribution is -1.97. The van der Waals surface area contributed by atoms with Crippen LogP contribution in [0.25, 0.3) is 0 Å². The average molecular weight is 139 g/mol. The minimum Gasteiger partial charge on any atom is -0.367 e. The summed E-state index contributed by atoms with van der Waals surface area (Å²) in [6, 6.07) is 1.45. The zero-order valence-corrected chi connectivity index (χ0v) is 5.48. The van der Waals surface area contributed by atoms with Gasteiger partial charge in [0.2, 0.25) is 0 Å². The number of aromatic amines is 2. The molecule has 0 aromatic carbocycles. The first-order valence-electron chi connectivity index (χ1n) is 2.95. The van der Waals surface area contributed by atoms with Crippen molar-refractivity contribution in [3.05, 3.63) is 29.1 Å². The molecule has 0 aliphatic rings. The molecule has 0 spiro atoms. The molecular weight excluding hydrogens is 130 g/mol. The van der Waals surface area contributed by atoms with Gasteiger partial charge in [-0.15, -0.1) is 6.58 Å². The van der Waals surface area contributed by atoms with Gasteiger partial charge in [-0.05, 0) is 0 Å². The van der Waals surface area contributed by atoms with Crippen LogP contribution in [0.4, 0.5) is 5.82 Å². The van der Waals surface area contributed by atoms with Crippen molar-refractivity contribution in [2.75, 3.05) is 11.9 Å². The van der Waals surface area contributed by atoms with Gasteiger partial charge in [0.05, 0.1) is 0 Å². The first-order valence-corrected chi connectivity index (χ1v) is 2.95. The molecule has 1 rings (SSSR count).